The van der Waals surface area contributed by atoms with Crippen LogP contribution < -0.4 is 14.8 Å². The second-order valence-corrected chi connectivity index (χ2v) is 5.91. The number of fused-ring (bicyclic) bond motifs is 1. The highest BCUT2D eigenvalue weighted by atomic mass is 16.5. The molecule has 3 aromatic rings. The van der Waals surface area contributed by atoms with Gasteiger partial charge in [-0.3, -0.25) is 9.78 Å². The molecular formula is C22H22N2O3. The molecule has 2 aromatic carbocycles. The molecule has 1 N–H and O–H groups in total. The third-order valence-electron chi connectivity index (χ3n) is 3.94. The molecule has 0 fully saturated rings. The van der Waals surface area contributed by atoms with E-state index < -0.39 is 0 Å². The zero-order valence-corrected chi connectivity index (χ0v) is 15.1. The van der Waals surface area contributed by atoms with Crippen LogP contribution in [0.3, 0.4) is 0 Å². The molecule has 5 heteroatoms. The van der Waals surface area contributed by atoms with Crippen LogP contribution in [0.15, 0.2) is 73.4 Å². The summed E-state index contributed by atoms with van der Waals surface area (Å²) >= 11 is 0. The number of aromatic nitrogens is 1. The van der Waals surface area contributed by atoms with Crippen molar-refractivity contribution < 1.29 is 14.3 Å². The average molecular weight is 362 g/mol. The maximum atomic E-state index is 12.2. The van der Waals surface area contributed by atoms with Crippen LogP contribution in [-0.4, -0.2) is 30.6 Å². The van der Waals surface area contributed by atoms with Gasteiger partial charge < -0.3 is 14.8 Å². The molecule has 1 amide bonds. The van der Waals surface area contributed by atoms with E-state index in [4.69, 9.17) is 9.47 Å². The summed E-state index contributed by atoms with van der Waals surface area (Å²) in [6.45, 7) is 5.08. The van der Waals surface area contributed by atoms with Crippen LogP contribution in [0.5, 0.6) is 11.5 Å². The topological polar surface area (TPSA) is 60.5 Å². The molecule has 5 nitrogen and oxygen atoms in total. The second-order valence-electron chi connectivity index (χ2n) is 5.91. The Labute approximate surface area is 158 Å². The smallest absolute Gasteiger partial charge is 0.251 e. The summed E-state index contributed by atoms with van der Waals surface area (Å²) in [7, 11) is 0. The normalized spacial score (nSPS) is 10.4. The van der Waals surface area contributed by atoms with E-state index in [9.17, 15) is 4.79 Å². The van der Waals surface area contributed by atoms with Crippen molar-refractivity contribution in [3.8, 4) is 11.5 Å². The van der Waals surface area contributed by atoms with E-state index in [0.29, 0.717) is 37.5 Å². The molecule has 0 unspecified atom stereocenters. The van der Waals surface area contributed by atoms with Crippen molar-refractivity contribution in [2.24, 2.45) is 0 Å². The Bertz CT molecular complexity index is 902. The number of hydrogen-bond donors (Lipinski definition) is 1. The second kappa shape index (κ2) is 9.38. The summed E-state index contributed by atoms with van der Waals surface area (Å²) in [5.41, 5.74) is 1.45. The van der Waals surface area contributed by atoms with E-state index in [1.165, 1.54) is 0 Å². The predicted octanol–water partition coefficient (Wildman–Crippen LogP) is 4.00. The standard InChI is InChI=1S/C22H22N2O3/c1-2-15-26-19-11-9-18(10-12-19)22(25)24-14-5-16-27-20-8-3-6-17-7-4-13-23-21(17)20/h2-4,6-13H,1,5,14-16H2,(H,24,25). The first-order valence-corrected chi connectivity index (χ1v) is 8.86. The maximum absolute atomic E-state index is 12.2. The van der Waals surface area contributed by atoms with Gasteiger partial charge >= 0.3 is 0 Å². The monoisotopic (exact) mass is 362 g/mol. The van der Waals surface area contributed by atoms with Crippen LogP contribution in [0, 0.1) is 0 Å². The van der Waals surface area contributed by atoms with Gasteiger partial charge in [-0.2, -0.15) is 0 Å². The van der Waals surface area contributed by atoms with Crippen LogP contribution in [0.25, 0.3) is 10.9 Å². The molecule has 0 aliphatic carbocycles. The Balaban J connectivity index is 1.43. The minimum atomic E-state index is -0.114. The van der Waals surface area contributed by atoms with Gasteiger partial charge in [-0.05, 0) is 42.8 Å². The fourth-order valence-corrected chi connectivity index (χ4v) is 2.61. The Morgan fingerprint density at radius 2 is 1.89 bits per heavy atom. The summed E-state index contributed by atoms with van der Waals surface area (Å²) in [5.74, 6) is 1.36. The Kier molecular flexibility index (Phi) is 6.41. The molecule has 0 radical (unpaired) electrons. The first-order chi connectivity index (χ1) is 13.3. The van der Waals surface area contributed by atoms with E-state index in [1.54, 1.807) is 36.5 Å². The Hall–Kier alpha value is -3.34. The van der Waals surface area contributed by atoms with Crippen molar-refractivity contribution in [2.75, 3.05) is 19.8 Å². The molecule has 27 heavy (non-hydrogen) atoms. The van der Waals surface area contributed by atoms with Crippen LogP contribution in [0.4, 0.5) is 0 Å². The Morgan fingerprint density at radius 3 is 2.70 bits per heavy atom. The molecule has 3 rings (SSSR count). The van der Waals surface area contributed by atoms with Crippen LogP contribution in [0.1, 0.15) is 16.8 Å². The number of amides is 1. The fourth-order valence-electron chi connectivity index (χ4n) is 2.61. The lowest BCUT2D eigenvalue weighted by atomic mass is 10.2. The number of rotatable bonds is 9. The van der Waals surface area contributed by atoms with Gasteiger partial charge in [0.2, 0.25) is 0 Å². The summed E-state index contributed by atoms with van der Waals surface area (Å²) in [6.07, 6.45) is 4.13. The largest absolute Gasteiger partial charge is 0.491 e. The van der Waals surface area contributed by atoms with Crippen molar-refractivity contribution in [1.29, 1.82) is 0 Å². The van der Waals surface area contributed by atoms with Gasteiger partial charge in [0.15, 0.2) is 0 Å². The molecule has 0 spiro atoms. The molecule has 0 aliphatic heterocycles. The van der Waals surface area contributed by atoms with E-state index >= 15 is 0 Å². The van der Waals surface area contributed by atoms with E-state index in [1.807, 2.05) is 30.3 Å². The van der Waals surface area contributed by atoms with E-state index in [-0.39, 0.29) is 5.91 Å². The van der Waals surface area contributed by atoms with E-state index in [0.717, 1.165) is 16.7 Å². The molecule has 0 aliphatic rings. The highest BCUT2D eigenvalue weighted by molar-refractivity contribution is 5.94. The van der Waals surface area contributed by atoms with Gasteiger partial charge in [0.05, 0.1) is 6.61 Å². The minimum Gasteiger partial charge on any atom is -0.491 e. The molecule has 1 heterocycles. The van der Waals surface area contributed by atoms with Crippen LogP contribution in [0.2, 0.25) is 0 Å². The zero-order chi connectivity index (χ0) is 18.9. The Morgan fingerprint density at radius 1 is 1.07 bits per heavy atom. The van der Waals surface area contributed by atoms with E-state index in [2.05, 4.69) is 16.9 Å². The zero-order valence-electron chi connectivity index (χ0n) is 15.1. The minimum absolute atomic E-state index is 0.114. The SMILES string of the molecule is C=CCOc1ccc(C(=O)NCCCOc2cccc3cccnc23)cc1. The molecular weight excluding hydrogens is 340 g/mol. The molecule has 0 saturated heterocycles. The lowest BCUT2D eigenvalue weighted by molar-refractivity contribution is 0.0951. The summed E-state index contributed by atoms with van der Waals surface area (Å²) in [6, 6.07) is 16.8. The summed E-state index contributed by atoms with van der Waals surface area (Å²) in [5, 5.41) is 3.94. The third kappa shape index (κ3) is 5.07. The number of nitrogens with one attached hydrogen (secondary N) is 1. The summed E-state index contributed by atoms with van der Waals surface area (Å²) in [4.78, 5) is 16.5. The maximum Gasteiger partial charge on any atom is 0.251 e. The number of carbonyl (C=O) groups is 1. The number of pyridine rings is 1. The molecule has 0 atom stereocenters. The van der Waals surface area contributed by atoms with Gasteiger partial charge in [0.25, 0.3) is 5.91 Å². The van der Waals surface area contributed by atoms with Crippen molar-refractivity contribution in [1.82, 2.24) is 10.3 Å². The molecule has 1 aromatic heterocycles. The number of nitrogens with zero attached hydrogens (tertiary/aromatic N) is 1. The van der Waals surface area contributed by atoms with Crippen molar-refractivity contribution in [2.45, 2.75) is 6.42 Å². The molecule has 0 saturated carbocycles. The molecule has 0 bridgehead atoms. The summed E-state index contributed by atoms with van der Waals surface area (Å²) < 4.78 is 11.2. The average Bonchev–Trinajstić information content (AvgIpc) is 2.72. The predicted molar refractivity (Wildman–Crippen MR) is 106 cm³/mol. The quantitative estimate of drug-likeness (QED) is 0.462. The van der Waals surface area contributed by atoms with Crippen LogP contribution in [-0.2, 0) is 0 Å². The number of benzene rings is 2. The lowest BCUT2D eigenvalue weighted by Crippen LogP contribution is -2.25. The number of carbonyl (C=O) groups excluding carboxylic acids is 1. The first kappa shape index (κ1) is 18.5. The van der Waals surface area contributed by atoms with Gasteiger partial charge in [0.1, 0.15) is 23.6 Å². The van der Waals surface area contributed by atoms with Gasteiger partial charge in [0, 0.05) is 23.7 Å². The number of ether oxygens (including phenoxy) is 2. The van der Waals surface area contributed by atoms with Crippen molar-refractivity contribution in [3.63, 3.8) is 0 Å². The first-order valence-electron chi connectivity index (χ1n) is 8.86. The van der Waals surface area contributed by atoms with Gasteiger partial charge in [-0.25, -0.2) is 0 Å². The fraction of sp³-hybridized carbons (Fsp3) is 0.182. The highest BCUT2D eigenvalue weighted by Gasteiger charge is 2.06. The number of hydrogen-bond acceptors (Lipinski definition) is 4. The van der Waals surface area contributed by atoms with Gasteiger partial charge in [-0.15, -0.1) is 0 Å². The van der Waals surface area contributed by atoms with Gasteiger partial charge in [-0.1, -0.05) is 30.9 Å². The highest BCUT2D eigenvalue weighted by Crippen LogP contribution is 2.22. The van der Waals surface area contributed by atoms with Crippen molar-refractivity contribution in [3.05, 3.63) is 79.0 Å². The third-order valence-corrected chi connectivity index (χ3v) is 3.94. The molecule has 138 valence electrons. The van der Waals surface area contributed by atoms with Crippen molar-refractivity contribution >= 4 is 16.8 Å². The van der Waals surface area contributed by atoms with Crippen LogP contribution >= 0.6 is 0 Å². The number of para-hydroxylation sites is 1. The lowest BCUT2D eigenvalue weighted by Gasteiger charge is -2.09.